The molecule has 3 unspecified atom stereocenters. The summed E-state index contributed by atoms with van der Waals surface area (Å²) >= 11 is 0. The van der Waals surface area contributed by atoms with Gasteiger partial charge in [-0.05, 0) is 132 Å². The Labute approximate surface area is 284 Å². The summed E-state index contributed by atoms with van der Waals surface area (Å²) in [6.07, 6.45) is 10.4. The van der Waals surface area contributed by atoms with Crippen LogP contribution in [0.3, 0.4) is 0 Å². The van der Waals surface area contributed by atoms with Crippen LogP contribution in [0.15, 0.2) is 148 Å². The van der Waals surface area contributed by atoms with Crippen molar-refractivity contribution in [2.75, 3.05) is 17.4 Å². The molecule has 0 radical (unpaired) electrons. The molecule has 48 heavy (non-hydrogen) atoms. The van der Waals surface area contributed by atoms with Gasteiger partial charge in [-0.3, -0.25) is 0 Å². The summed E-state index contributed by atoms with van der Waals surface area (Å²) in [5.74, 6) is 2.32. The summed E-state index contributed by atoms with van der Waals surface area (Å²) in [6, 6.07) is 49.8. The Balaban J connectivity index is 1.21. The molecule has 0 spiro atoms. The van der Waals surface area contributed by atoms with Gasteiger partial charge in [0.2, 0.25) is 0 Å². The zero-order valence-corrected chi connectivity index (χ0v) is 28.3. The second kappa shape index (κ2) is 10.6. The lowest BCUT2D eigenvalue weighted by Crippen LogP contribution is -2.13. The lowest BCUT2D eigenvalue weighted by Gasteiger charge is -2.30. The maximum absolute atomic E-state index is 6.47. The van der Waals surface area contributed by atoms with Crippen molar-refractivity contribution >= 4 is 49.0 Å². The topological polar surface area (TPSA) is 16.4 Å². The molecule has 0 amide bonds. The van der Waals surface area contributed by atoms with Gasteiger partial charge in [0.1, 0.15) is 11.2 Å². The average Bonchev–Trinajstić information content (AvgIpc) is 3.90. The molecular formula is C45H39NOS. The summed E-state index contributed by atoms with van der Waals surface area (Å²) in [6.45, 7) is 0. The van der Waals surface area contributed by atoms with Crippen LogP contribution in [0.25, 0.3) is 44.2 Å². The number of para-hydroxylation sites is 1. The van der Waals surface area contributed by atoms with E-state index in [1.54, 1.807) is 0 Å². The van der Waals surface area contributed by atoms with Gasteiger partial charge >= 0.3 is 0 Å². The van der Waals surface area contributed by atoms with Gasteiger partial charge in [0.15, 0.2) is 0 Å². The molecule has 2 fully saturated rings. The van der Waals surface area contributed by atoms with Crippen molar-refractivity contribution in [3.63, 3.8) is 0 Å². The molecule has 1 aromatic heterocycles. The normalized spacial score (nSPS) is 21.0. The van der Waals surface area contributed by atoms with Gasteiger partial charge in [0, 0.05) is 43.7 Å². The van der Waals surface area contributed by atoms with Crippen molar-refractivity contribution in [3.8, 4) is 22.3 Å². The van der Waals surface area contributed by atoms with E-state index >= 15 is 0 Å². The molecule has 2 heterocycles. The van der Waals surface area contributed by atoms with E-state index in [-0.39, 0.29) is 0 Å². The standard InChI is InChI=1S/C45H39NOS/c1-48(2)44-15-9-7-13-39(44)41-27-34(19-21-45(41)48)46(35-18-20-38-37-12-6-8-14-42(37)47-43(38)28-35)36-25-32(30-10-4-3-5-11-30)24-33(26-36)40-23-29-16-17-31(40)22-29/h3-15,18-21,24-29,31,40H,16-17,22-23H2,1-2H3. The van der Waals surface area contributed by atoms with Gasteiger partial charge < -0.3 is 9.32 Å². The number of anilines is 3. The fourth-order valence-corrected chi connectivity index (χ4v) is 11.8. The van der Waals surface area contributed by atoms with Gasteiger partial charge in [-0.15, -0.1) is 0 Å². The van der Waals surface area contributed by atoms with E-state index in [9.17, 15) is 0 Å². The summed E-state index contributed by atoms with van der Waals surface area (Å²) in [5.41, 5.74) is 12.1. The Morgan fingerprint density at radius 3 is 2.17 bits per heavy atom. The molecule has 236 valence electrons. The van der Waals surface area contributed by atoms with Crippen LogP contribution in [0.2, 0.25) is 0 Å². The quantitative estimate of drug-likeness (QED) is 0.186. The second-order valence-corrected chi connectivity index (χ2v) is 18.1. The maximum atomic E-state index is 6.47. The highest BCUT2D eigenvalue weighted by Crippen LogP contribution is 2.67. The van der Waals surface area contributed by atoms with Crippen LogP contribution in [-0.2, 0) is 0 Å². The molecule has 10 rings (SSSR count). The predicted molar refractivity (Wildman–Crippen MR) is 203 cm³/mol. The molecular weight excluding hydrogens is 603 g/mol. The van der Waals surface area contributed by atoms with E-state index in [2.05, 4.69) is 151 Å². The zero-order chi connectivity index (χ0) is 32.0. The van der Waals surface area contributed by atoms with Crippen LogP contribution < -0.4 is 4.90 Å². The maximum Gasteiger partial charge on any atom is 0.137 e. The highest BCUT2D eigenvalue weighted by atomic mass is 32.3. The minimum atomic E-state index is -1.08. The van der Waals surface area contributed by atoms with Crippen LogP contribution in [0.4, 0.5) is 17.1 Å². The van der Waals surface area contributed by atoms with E-state index < -0.39 is 10.0 Å². The first-order valence-corrected chi connectivity index (χ1v) is 19.8. The van der Waals surface area contributed by atoms with Gasteiger partial charge in [-0.25, -0.2) is 0 Å². The highest BCUT2D eigenvalue weighted by molar-refractivity contribution is 8.33. The van der Waals surface area contributed by atoms with Crippen molar-refractivity contribution in [2.45, 2.75) is 41.4 Å². The van der Waals surface area contributed by atoms with Crippen LogP contribution in [0, 0.1) is 11.8 Å². The van der Waals surface area contributed by atoms with Gasteiger partial charge in [0.25, 0.3) is 0 Å². The Kier molecular flexibility index (Phi) is 6.27. The Hall–Kier alpha value is -4.73. The Bertz CT molecular complexity index is 2370. The van der Waals surface area contributed by atoms with E-state index in [1.165, 1.54) is 74.7 Å². The van der Waals surface area contributed by atoms with Crippen molar-refractivity contribution in [1.82, 2.24) is 0 Å². The number of fused-ring (bicyclic) bond motifs is 8. The second-order valence-electron chi connectivity index (χ2n) is 14.6. The van der Waals surface area contributed by atoms with E-state index in [0.29, 0.717) is 5.92 Å². The monoisotopic (exact) mass is 641 g/mol. The predicted octanol–water partition coefficient (Wildman–Crippen LogP) is 13.1. The highest BCUT2D eigenvalue weighted by Gasteiger charge is 2.40. The molecule has 3 atom stereocenters. The molecule has 1 aliphatic heterocycles. The number of hydrogen-bond donors (Lipinski definition) is 0. The summed E-state index contributed by atoms with van der Waals surface area (Å²) in [5, 5.41) is 2.32. The SMILES string of the molecule is CS1(C)c2ccccc2-c2cc(N(c3cc(-c4ccccc4)cc(C4CC5CCC4C5)c3)c3ccc4c(c3)oc3ccccc34)ccc21. The van der Waals surface area contributed by atoms with Crippen molar-refractivity contribution < 1.29 is 4.42 Å². The number of benzene rings is 6. The van der Waals surface area contributed by atoms with E-state index in [4.69, 9.17) is 4.42 Å². The summed E-state index contributed by atoms with van der Waals surface area (Å²) in [4.78, 5) is 5.44. The summed E-state index contributed by atoms with van der Waals surface area (Å²) < 4.78 is 6.47. The fraction of sp³-hybridized carbons (Fsp3) is 0.200. The molecule has 2 saturated carbocycles. The molecule has 2 nitrogen and oxygen atoms in total. The third-order valence-corrected chi connectivity index (χ3v) is 14.5. The molecule has 0 saturated heterocycles. The number of furan rings is 1. The van der Waals surface area contributed by atoms with Crippen LogP contribution in [0.1, 0.15) is 37.2 Å². The Morgan fingerprint density at radius 2 is 1.31 bits per heavy atom. The third-order valence-electron chi connectivity index (χ3n) is 11.6. The van der Waals surface area contributed by atoms with Gasteiger partial charge in [-0.2, -0.15) is 10.0 Å². The van der Waals surface area contributed by atoms with Crippen molar-refractivity contribution in [2.24, 2.45) is 11.8 Å². The number of hydrogen-bond acceptors (Lipinski definition) is 2. The first-order chi connectivity index (χ1) is 23.5. The van der Waals surface area contributed by atoms with Crippen LogP contribution in [-0.4, -0.2) is 12.5 Å². The molecule has 7 aromatic rings. The van der Waals surface area contributed by atoms with Crippen LogP contribution >= 0.6 is 10.0 Å². The number of nitrogens with zero attached hydrogens (tertiary/aromatic N) is 1. The Morgan fingerprint density at radius 1 is 0.562 bits per heavy atom. The summed E-state index contributed by atoms with van der Waals surface area (Å²) in [7, 11) is -1.08. The smallest absolute Gasteiger partial charge is 0.137 e. The van der Waals surface area contributed by atoms with Gasteiger partial charge in [0.05, 0.1) is 0 Å². The van der Waals surface area contributed by atoms with Crippen molar-refractivity contribution in [1.29, 1.82) is 0 Å². The van der Waals surface area contributed by atoms with E-state index in [0.717, 1.165) is 39.5 Å². The minimum absolute atomic E-state index is 0.627. The molecule has 6 aromatic carbocycles. The molecule has 2 bridgehead atoms. The lowest BCUT2D eigenvalue weighted by molar-refractivity contribution is 0.420. The van der Waals surface area contributed by atoms with Crippen LogP contribution in [0.5, 0.6) is 0 Å². The first kappa shape index (κ1) is 28.3. The molecule has 3 aliphatic rings. The average molecular weight is 642 g/mol. The lowest BCUT2D eigenvalue weighted by atomic mass is 9.82. The third kappa shape index (κ3) is 4.33. The minimum Gasteiger partial charge on any atom is -0.456 e. The fourth-order valence-electron chi connectivity index (χ4n) is 9.29. The first-order valence-electron chi connectivity index (χ1n) is 17.4. The number of rotatable bonds is 5. The zero-order valence-electron chi connectivity index (χ0n) is 27.5. The molecule has 0 N–H and O–H groups in total. The largest absolute Gasteiger partial charge is 0.456 e. The van der Waals surface area contributed by atoms with Gasteiger partial charge in [-0.1, -0.05) is 79.2 Å². The molecule has 3 heteroatoms. The molecule has 2 aliphatic carbocycles. The van der Waals surface area contributed by atoms with E-state index in [1.807, 2.05) is 0 Å². The van der Waals surface area contributed by atoms with Crippen molar-refractivity contribution in [3.05, 3.63) is 139 Å².